The van der Waals surface area contributed by atoms with Crippen molar-refractivity contribution in [3.05, 3.63) is 35.3 Å². The number of rotatable bonds is 1. The van der Waals surface area contributed by atoms with Crippen LogP contribution in [-0.2, 0) is 6.42 Å². The predicted octanol–water partition coefficient (Wildman–Crippen LogP) is 3.40. The van der Waals surface area contributed by atoms with Gasteiger partial charge in [0, 0.05) is 17.3 Å². The Labute approximate surface area is 99.7 Å². The van der Waals surface area contributed by atoms with Crippen LogP contribution in [0.4, 0.5) is 10.1 Å². The summed E-state index contributed by atoms with van der Waals surface area (Å²) >= 11 is 0. The fourth-order valence-electron chi connectivity index (χ4n) is 2.81. The molecule has 17 heavy (non-hydrogen) atoms. The average Bonchev–Trinajstić information content (AvgIpc) is 2.72. The van der Waals surface area contributed by atoms with Crippen LogP contribution in [0.3, 0.4) is 0 Å². The molecule has 0 saturated carbocycles. The van der Waals surface area contributed by atoms with Crippen LogP contribution in [0.25, 0.3) is 10.9 Å². The second-order valence-electron chi connectivity index (χ2n) is 4.67. The Morgan fingerprint density at radius 1 is 1.47 bits per heavy atom. The number of hydrogen-bond acceptors (Lipinski definition) is 2. The quantitative estimate of drug-likeness (QED) is 0.815. The summed E-state index contributed by atoms with van der Waals surface area (Å²) in [7, 11) is 0. The third-order valence-corrected chi connectivity index (χ3v) is 3.76. The summed E-state index contributed by atoms with van der Waals surface area (Å²) in [6.07, 6.45) is 3.08. The Morgan fingerprint density at radius 3 is 3.06 bits per heavy atom. The van der Waals surface area contributed by atoms with Crippen LogP contribution < -0.4 is 5.73 Å². The van der Waals surface area contributed by atoms with E-state index in [1.165, 1.54) is 6.07 Å². The first-order valence-electron chi connectivity index (χ1n) is 6.08. The van der Waals surface area contributed by atoms with Crippen molar-refractivity contribution in [2.75, 3.05) is 5.73 Å². The molecule has 0 bridgehead atoms. The van der Waals surface area contributed by atoms with E-state index in [9.17, 15) is 4.39 Å². The predicted molar refractivity (Wildman–Crippen MR) is 67.5 cm³/mol. The van der Waals surface area contributed by atoms with Gasteiger partial charge in [0.05, 0.1) is 10.9 Å². The van der Waals surface area contributed by atoms with Crippen molar-refractivity contribution in [2.24, 2.45) is 0 Å². The SMILES string of the molecule is CCC1CCc2c1nc1cccc(F)c1c2N. The number of pyridine rings is 1. The minimum atomic E-state index is -0.268. The number of benzene rings is 1. The van der Waals surface area contributed by atoms with Crippen LogP contribution in [0.2, 0.25) is 0 Å². The third kappa shape index (κ3) is 1.42. The zero-order valence-electron chi connectivity index (χ0n) is 9.83. The molecule has 1 heterocycles. The van der Waals surface area contributed by atoms with E-state index in [1.807, 2.05) is 6.07 Å². The summed E-state index contributed by atoms with van der Waals surface area (Å²) in [4.78, 5) is 4.61. The molecule has 1 atom stereocenters. The van der Waals surface area contributed by atoms with E-state index >= 15 is 0 Å². The van der Waals surface area contributed by atoms with Gasteiger partial charge in [0.2, 0.25) is 0 Å². The van der Waals surface area contributed by atoms with Crippen molar-refractivity contribution >= 4 is 16.6 Å². The Kier molecular flexibility index (Phi) is 2.28. The van der Waals surface area contributed by atoms with Crippen LogP contribution in [0.1, 0.15) is 36.9 Å². The molecule has 0 radical (unpaired) electrons. The van der Waals surface area contributed by atoms with Gasteiger partial charge in [-0.1, -0.05) is 13.0 Å². The normalized spacial score (nSPS) is 18.6. The van der Waals surface area contributed by atoms with Crippen LogP contribution in [0.5, 0.6) is 0 Å². The molecular weight excluding hydrogens is 215 g/mol. The topological polar surface area (TPSA) is 38.9 Å². The molecule has 88 valence electrons. The number of anilines is 1. The lowest BCUT2D eigenvalue weighted by Gasteiger charge is -2.11. The highest BCUT2D eigenvalue weighted by Gasteiger charge is 2.26. The first-order valence-corrected chi connectivity index (χ1v) is 6.08. The monoisotopic (exact) mass is 230 g/mol. The van der Waals surface area contributed by atoms with Gasteiger partial charge in [-0.15, -0.1) is 0 Å². The minimum Gasteiger partial charge on any atom is -0.398 e. The molecule has 2 N–H and O–H groups in total. The van der Waals surface area contributed by atoms with E-state index in [0.29, 0.717) is 22.5 Å². The van der Waals surface area contributed by atoms with Crippen molar-refractivity contribution in [3.63, 3.8) is 0 Å². The number of nitrogens with zero attached hydrogens (tertiary/aromatic N) is 1. The molecular formula is C14H15FN2. The molecule has 3 heteroatoms. The van der Waals surface area contributed by atoms with Crippen LogP contribution in [-0.4, -0.2) is 4.98 Å². The fourth-order valence-corrected chi connectivity index (χ4v) is 2.81. The molecule has 0 spiro atoms. The minimum absolute atomic E-state index is 0.268. The average molecular weight is 230 g/mol. The Hall–Kier alpha value is -1.64. The van der Waals surface area contributed by atoms with E-state index in [2.05, 4.69) is 11.9 Å². The molecule has 3 rings (SSSR count). The van der Waals surface area contributed by atoms with E-state index < -0.39 is 0 Å². The molecule has 0 saturated heterocycles. The molecule has 1 unspecified atom stereocenters. The summed E-state index contributed by atoms with van der Waals surface area (Å²) < 4.78 is 13.8. The van der Waals surface area contributed by atoms with E-state index in [4.69, 9.17) is 5.73 Å². The zero-order chi connectivity index (χ0) is 12.0. The summed E-state index contributed by atoms with van der Waals surface area (Å²) in [5, 5.41) is 0.489. The van der Waals surface area contributed by atoms with Gasteiger partial charge in [-0.25, -0.2) is 4.39 Å². The number of aromatic nitrogens is 1. The van der Waals surface area contributed by atoms with Crippen LogP contribution in [0, 0.1) is 5.82 Å². The van der Waals surface area contributed by atoms with Crippen molar-refractivity contribution in [3.8, 4) is 0 Å². The van der Waals surface area contributed by atoms with Gasteiger partial charge < -0.3 is 5.73 Å². The van der Waals surface area contributed by atoms with Gasteiger partial charge in [-0.05, 0) is 37.0 Å². The Bertz CT molecular complexity index is 592. The molecule has 1 aliphatic rings. The van der Waals surface area contributed by atoms with Crippen LogP contribution >= 0.6 is 0 Å². The molecule has 0 amide bonds. The lowest BCUT2D eigenvalue weighted by molar-refractivity contribution is 0.638. The number of nitrogens with two attached hydrogens (primary N) is 1. The van der Waals surface area contributed by atoms with Crippen molar-refractivity contribution in [2.45, 2.75) is 32.1 Å². The van der Waals surface area contributed by atoms with Gasteiger partial charge in [0.1, 0.15) is 5.82 Å². The Balaban J connectivity index is 2.35. The van der Waals surface area contributed by atoms with E-state index in [-0.39, 0.29) is 5.82 Å². The fraction of sp³-hybridized carbons (Fsp3) is 0.357. The number of halogens is 1. The molecule has 2 nitrogen and oxygen atoms in total. The van der Waals surface area contributed by atoms with Crippen molar-refractivity contribution in [1.82, 2.24) is 4.98 Å². The molecule has 0 aliphatic heterocycles. The summed E-state index contributed by atoms with van der Waals surface area (Å²) in [6, 6.07) is 4.96. The Morgan fingerprint density at radius 2 is 2.29 bits per heavy atom. The molecule has 1 aromatic heterocycles. The third-order valence-electron chi connectivity index (χ3n) is 3.76. The lowest BCUT2D eigenvalue weighted by Crippen LogP contribution is -2.01. The summed E-state index contributed by atoms with van der Waals surface area (Å²) in [5.74, 6) is 0.218. The van der Waals surface area contributed by atoms with Gasteiger partial charge in [-0.3, -0.25) is 4.98 Å². The maximum Gasteiger partial charge on any atom is 0.134 e. The second-order valence-corrected chi connectivity index (χ2v) is 4.67. The number of hydrogen-bond donors (Lipinski definition) is 1. The highest BCUT2D eigenvalue weighted by Crippen LogP contribution is 2.40. The van der Waals surface area contributed by atoms with E-state index in [1.54, 1.807) is 6.07 Å². The van der Waals surface area contributed by atoms with Gasteiger partial charge in [0.15, 0.2) is 0 Å². The van der Waals surface area contributed by atoms with Gasteiger partial charge in [0.25, 0.3) is 0 Å². The maximum absolute atomic E-state index is 13.8. The number of nitrogen functional groups attached to an aromatic ring is 1. The zero-order valence-corrected chi connectivity index (χ0v) is 9.83. The van der Waals surface area contributed by atoms with Gasteiger partial charge in [-0.2, -0.15) is 0 Å². The van der Waals surface area contributed by atoms with Crippen molar-refractivity contribution < 1.29 is 4.39 Å². The molecule has 1 aliphatic carbocycles. The summed E-state index contributed by atoms with van der Waals surface area (Å²) in [6.45, 7) is 2.16. The second kappa shape index (κ2) is 3.69. The van der Waals surface area contributed by atoms with E-state index in [0.717, 1.165) is 30.5 Å². The maximum atomic E-state index is 13.8. The highest BCUT2D eigenvalue weighted by molar-refractivity contribution is 5.93. The first-order chi connectivity index (χ1) is 8.22. The smallest absolute Gasteiger partial charge is 0.134 e. The summed E-state index contributed by atoms with van der Waals surface area (Å²) in [5.41, 5.74) is 9.54. The lowest BCUT2D eigenvalue weighted by atomic mass is 10.0. The molecule has 0 fully saturated rings. The first kappa shape index (κ1) is 10.5. The largest absolute Gasteiger partial charge is 0.398 e. The van der Waals surface area contributed by atoms with Crippen molar-refractivity contribution in [1.29, 1.82) is 0 Å². The highest BCUT2D eigenvalue weighted by atomic mass is 19.1. The van der Waals surface area contributed by atoms with Gasteiger partial charge >= 0.3 is 0 Å². The molecule has 2 aromatic rings. The van der Waals surface area contributed by atoms with Crippen LogP contribution in [0.15, 0.2) is 18.2 Å². The number of fused-ring (bicyclic) bond motifs is 2. The molecule has 1 aromatic carbocycles. The standard InChI is InChI=1S/C14H15FN2/c1-2-8-6-7-9-13(16)12-10(15)4-3-5-11(12)17-14(8)9/h3-5,8H,2,6-7H2,1H3,(H2,16,17).